The van der Waals surface area contributed by atoms with Crippen molar-refractivity contribution in [3.05, 3.63) is 70.7 Å². The molecule has 8 nitrogen and oxygen atoms in total. The van der Waals surface area contributed by atoms with E-state index in [1.54, 1.807) is 4.68 Å². The summed E-state index contributed by atoms with van der Waals surface area (Å²) >= 11 is 0. The number of nitrogens with one attached hydrogen (secondary N) is 2. The van der Waals surface area contributed by atoms with Gasteiger partial charge in [0, 0.05) is 24.2 Å². The number of aromatic nitrogens is 3. The minimum Gasteiger partial charge on any atom is -0.490 e. The summed E-state index contributed by atoms with van der Waals surface area (Å²) in [5.74, 6) is 2.53. The van der Waals surface area contributed by atoms with Gasteiger partial charge < -0.3 is 20.1 Å². The highest BCUT2D eigenvalue weighted by Gasteiger charge is 2.35. The highest BCUT2D eigenvalue weighted by atomic mass is 16.5. The molecular weight excluding hydrogens is 418 g/mol. The van der Waals surface area contributed by atoms with Crippen molar-refractivity contribution in [3.8, 4) is 11.5 Å². The van der Waals surface area contributed by atoms with Gasteiger partial charge in [0.05, 0.1) is 18.8 Å². The molecule has 33 heavy (non-hydrogen) atoms. The lowest BCUT2D eigenvalue weighted by Gasteiger charge is -2.29. The fourth-order valence-electron chi connectivity index (χ4n) is 4.20. The zero-order chi connectivity index (χ0) is 22.9. The molecule has 1 unspecified atom stereocenters. The molecule has 0 fully saturated rings. The quantitative estimate of drug-likeness (QED) is 0.624. The number of ether oxygens (including phenoxy) is 2. The fourth-order valence-corrected chi connectivity index (χ4v) is 4.20. The van der Waals surface area contributed by atoms with Crippen LogP contribution in [0.1, 0.15) is 43.3 Å². The Kier molecular flexibility index (Phi) is 5.50. The molecule has 170 valence electrons. The first-order chi connectivity index (χ1) is 16.0. The van der Waals surface area contributed by atoms with Gasteiger partial charge in [-0.05, 0) is 43.2 Å². The molecule has 2 N–H and O–H groups in total. The van der Waals surface area contributed by atoms with Crippen LogP contribution in [0, 0.1) is 6.92 Å². The smallest absolute Gasteiger partial charge is 0.255 e. The summed E-state index contributed by atoms with van der Waals surface area (Å²) in [6, 6.07) is 13.1. The van der Waals surface area contributed by atoms with E-state index in [0.717, 1.165) is 28.9 Å². The van der Waals surface area contributed by atoms with Gasteiger partial charge in [-0.15, -0.1) is 0 Å². The van der Waals surface area contributed by atoms with Crippen molar-refractivity contribution in [2.24, 2.45) is 0 Å². The van der Waals surface area contributed by atoms with Crippen molar-refractivity contribution < 1.29 is 14.3 Å². The van der Waals surface area contributed by atoms with E-state index >= 15 is 0 Å². The molecule has 1 amide bonds. The molecular formula is C25H27N5O3. The second kappa shape index (κ2) is 8.61. The third-order valence-electron chi connectivity index (χ3n) is 5.94. The number of rotatable bonds is 4. The van der Waals surface area contributed by atoms with Crippen LogP contribution in [0.5, 0.6) is 11.5 Å². The number of anilines is 2. The van der Waals surface area contributed by atoms with Crippen molar-refractivity contribution in [2.45, 2.75) is 39.7 Å². The zero-order valence-electron chi connectivity index (χ0n) is 19.0. The standard InChI is InChI=1S/C25H27N5O3/c1-4-21-28-25-26-16(3)22(24(31)27-18-9-6-5-8-15(18)2)23(30(25)29-21)17-10-11-19-20(14-17)33-13-7-12-32-19/h5-6,8-11,14,23H,4,7,12-13H2,1-3H3,(H,27,31)(H,26,28,29). The molecule has 2 aliphatic heterocycles. The normalized spacial score (nSPS) is 17.1. The Hall–Kier alpha value is -3.81. The molecule has 3 heterocycles. The first-order valence-corrected chi connectivity index (χ1v) is 11.2. The minimum absolute atomic E-state index is 0.189. The van der Waals surface area contributed by atoms with Crippen molar-refractivity contribution in [2.75, 3.05) is 23.8 Å². The lowest BCUT2D eigenvalue weighted by molar-refractivity contribution is -0.113. The fraction of sp³-hybridized carbons (Fsp3) is 0.320. The molecule has 2 aromatic carbocycles. The van der Waals surface area contributed by atoms with E-state index < -0.39 is 6.04 Å². The van der Waals surface area contributed by atoms with Crippen LogP contribution in [0.4, 0.5) is 11.6 Å². The minimum atomic E-state index is -0.463. The molecule has 0 bridgehead atoms. The molecule has 0 spiro atoms. The third-order valence-corrected chi connectivity index (χ3v) is 5.94. The molecule has 0 aliphatic carbocycles. The molecule has 1 atom stereocenters. The van der Waals surface area contributed by atoms with Gasteiger partial charge in [-0.2, -0.15) is 10.1 Å². The van der Waals surface area contributed by atoms with Gasteiger partial charge in [0.1, 0.15) is 6.04 Å². The van der Waals surface area contributed by atoms with Gasteiger partial charge in [0.2, 0.25) is 5.95 Å². The maximum absolute atomic E-state index is 13.6. The maximum atomic E-state index is 13.6. The van der Waals surface area contributed by atoms with Gasteiger partial charge in [0.25, 0.3) is 5.91 Å². The Bertz CT molecular complexity index is 1250. The monoisotopic (exact) mass is 445 g/mol. The van der Waals surface area contributed by atoms with Gasteiger partial charge in [-0.25, -0.2) is 4.68 Å². The van der Waals surface area contributed by atoms with Crippen LogP contribution in [0.2, 0.25) is 0 Å². The van der Waals surface area contributed by atoms with E-state index in [0.29, 0.717) is 48.5 Å². The third kappa shape index (κ3) is 3.92. The van der Waals surface area contributed by atoms with Crippen LogP contribution in [-0.4, -0.2) is 33.9 Å². The molecule has 0 saturated carbocycles. The number of hydrogen-bond donors (Lipinski definition) is 2. The van der Waals surface area contributed by atoms with Crippen LogP contribution in [0.25, 0.3) is 0 Å². The SMILES string of the molecule is CCc1nc2n(n1)C(c1ccc3c(c1)OCCCO3)C(C(=O)Nc1ccccc1C)=C(C)N2. The van der Waals surface area contributed by atoms with Crippen molar-refractivity contribution >= 4 is 17.5 Å². The largest absolute Gasteiger partial charge is 0.490 e. The summed E-state index contributed by atoms with van der Waals surface area (Å²) in [7, 11) is 0. The number of hydrogen-bond acceptors (Lipinski definition) is 6. The molecule has 5 rings (SSSR count). The lowest BCUT2D eigenvalue weighted by Crippen LogP contribution is -2.31. The highest BCUT2D eigenvalue weighted by molar-refractivity contribution is 6.06. The molecule has 2 aliphatic rings. The van der Waals surface area contributed by atoms with Crippen LogP contribution in [-0.2, 0) is 11.2 Å². The van der Waals surface area contributed by atoms with Crippen LogP contribution in [0.3, 0.4) is 0 Å². The van der Waals surface area contributed by atoms with E-state index in [1.807, 2.05) is 63.2 Å². The summed E-state index contributed by atoms with van der Waals surface area (Å²) in [4.78, 5) is 18.2. The molecule has 1 aromatic heterocycles. The predicted molar refractivity (Wildman–Crippen MR) is 126 cm³/mol. The Balaban J connectivity index is 1.60. The van der Waals surface area contributed by atoms with Crippen LogP contribution < -0.4 is 20.1 Å². The summed E-state index contributed by atoms with van der Waals surface area (Å²) in [5, 5.41) is 11.1. The summed E-state index contributed by atoms with van der Waals surface area (Å²) < 4.78 is 13.5. The first kappa shape index (κ1) is 21.1. The Labute approximate surface area is 192 Å². The number of fused-ring (bicyclic) bond motifs is 2. The van der Waals surface area contributed by atoms with Gasteiger partial charge >= 0.3 is 0 Å². The molecule has 8 heteroatoms. The summed E-state index contributed by atoms with van der Waals surface area (Å²) in [5.41, 5.74) is 3.96. The first-order valence-electron chi connectivity index (χ1n) is 11.2. The second-order valence-corrected chi connectivity index (χ2v) is 8.24. The number of carbonyl (C=O) groups is 1. The number of benzene rings is 2. The Morgan fingerprint density at radius 2 is 1.94 bits per heavy atom. The van der Waals surface area contributed by atoms with Crippen LogP contribution >= 0.6 is 0 Å². The van der Waals surface area contributed by atoms with E-state index in [-0.39, 0.29) is 5.91 Å². The number of para-hydroxylation sites is 1. The van der Waals surface area contributed by atoms with Crippen LogP contribution in [0.15, 0.2) is 53.7 Å². The van der Waals surface area contributed by atoms with Crippen molar-refractivity contribution in [3.63, 3.8) is 0 Å². The predicted octanol–water partition coefficient (Wildman–Crippen LogP) is 4.24. The summed E-state index contributed by atoms with van der Waals surface area (Å²) in [6.45, 7) is 7.09. The highest BCUT2D eigenvalue weighted by Crippen LogP contribution is 2.39. The van der Waals surface area contributed by atoms with E-state index in [1.165, 1.54) is 0 Å². The number of aryl methyl sites for hydroxylation is 2. The topological polar surface area (TPSA) is 90.3 Å². The number of nitrogens with zero attached hydrogens (tertiary/aromatic N) is 3. The molecule has 0 radical (unpaired) electrons. The second-order valence-electron chi connectivity index (χ2n) is 8.24. The number of amides is 1. The average molecular weight is 446 g/mol. The number of carbonyl (C=O) groups excluding carboxylic acids is 1. The van der Waals surface area contributed by atoms with Crippen molar-refractivity contribution in [1.82, 2.24) is 14.8 Å². The summed E-state index contributed by atoms with van der Waals surface area (Å²) in [6.07, 6.45) is 1.52. The van der Waals surface area contributed by atoms with Gasteiger partial charge in [0.15, 0.2) is 17.3 Å². The van der Waals surface area contributed by atoms with E-state index in [2.05, 4.69) is 15.6 Å². The lowest BCUT2D eigenvalue weighted by atomic mass is 9.94. The zero-order valence-corrected chi connectivity index (χ0v) is 19.0. The maximum Gasteiger partial charge on any atom is 0.255 e. The van der Waals surface area contributed by atoms with E-state index in [4.69, 9.17) is 14.6 Å². The Morgan fingerprint density at radius 1 is 1.15 bits per heavy atom. The van der Waals surface area contributed by atoms with Crippen molar-refractivity contribution in [1.29, 1.82) is 0 Å². The van der Waals surface area contributed by atoms with Gasteiger partial charge in [-0.1, -0.05) is 31.2 Å². The average Bonchev–Trinajstić information content (AvgIpc) is 3.07. The molecule has 0 saturated heterocycles. The Morgan fingerprint density at radius 3 is 2.73 bits per heavy atom. The molecule has 3 aromatic rings. The van der Waals surface area contributed by atoms with E-state index in [9.17, 15) is 4.79 Å². The number of allylic oxidation sites excluding steroid dienone is 1. The van der Waals surface area contributed by atoms with Gasteiger partial charge in [-0.3, -0.25) is 4.79 Å².